The Morgan fingerprint density at radius 3 is 1.45 bits per heavy atom. The third-order valence-electron chi connectivity index (χ3n) is 2.92. The number of nitrogen functional groups attached to an aromatic ring is 2. The second-order valence-corrected chi connectivity index (χ2v) is 4.86. The van der Waals surface area contributed by atoms with Crippen LogP contribution in [0.4, 0.5) is 11.4 Å². The van der Waals surface area contributed by atoms with Gasteiger partial charge >= 0.3 is 11.9 Å². The van der Waals surface area contributed by atoms with Gasteiger partial charge in [-0.05, 0) is 47.9 Å². The molecule has 0 aliphatic carbocycles. The number of benzene rings is 2. The van der Waals surface area contributed by atoms with Crippen molar-refractivity contribution in [2.24, 2.45) is 0 Å². The molecule has 0 atom stereocenters. The minimum Gasteiger partial charge on any atom is -0.481 e. The number of carbonyl (C=O) groups is 2. The lowest BCUT2D eigenvalue weighted by Gasteiger charge is -1.99. The van der Waals surface area contributed by atoms with Gasteiger partial charge in [-0.3, -0.25) is 9.59 Å². The largest absolute Gasteiger partial charge is 0.481 e. The Balaban J connectivity index is 0.000000225. The van der Waals surface area contributed by atoms with Gasteiger partial charge in [0.2, 0.25) is 0 Å². The molecule has 2 aromatic rings. The highest BCUT2D eigenvalue weighted by Crippen LogP contribution is 2.19. The summed E-state index contributed by atoms with van der Waals surface area (Å²) in [4.78, 5) is 19.8. The van der Waals surface area contributed by atoms with Crippen molar-refractivity contribution in [2.45, 2.75) is 25.7 Å². The number of carboxylic acid groups (broad SMARTS) is 2. The van der Waals surface area contributed by atoms with Gasteiger partial charge in [-0.25, -0.2) is 0 Å². The Bertz CT molecular complexity index is 598. The first-order valence-corrected chi connectivity index (χ1v) is 6.87. The van der Waals surface area contributed by atoms with Crippen molar-refractivity contribution in [2.75, 3.05) is 11.5 Å². The molecule has 0 heterocycles. The molecule has 0 bridgehead atoms. The normalized spacial score (nSPS) is 9.82. The van der Waals surface area contributed by atoms with Crippen molar-refractivity contribution < 1.29 is 19.8 Å². The summed E-state index contributed by atoms with van der Waals surface area (Å²) in [6.45, 7) is 0. The van der Waals surface area contributed by atoms with Crippen molar-refractivity contribution >= 4 is 34.1 Å². The molecule has 6 N–H and O–H groups in total. The van der Waals surface area contributed by atoms with Crippen LogP contribution in [0.5, 0.6) is 0 Å². The molecule has 118 valence electrons. The molecule has 0 amide bonds. The Morgan fingerprint density at radius 1 is 0.773 bits per heavy atom. The first kappa shape index (κ1) is 17.3. The van der Waals surface area contributed by atoms with Gasteiger partial charge in [0.15, 0.2) is 0 Å². The Kier molecular flexibility index (Phi) is 6.69. The van der Waals surface area contributed by atoms with Crippen LogP contribution in [0.2, 0.25) is 0 Å². The molecule has 6 nitrogen and oxygen atoms in total. The maximum absolute atomic E-state index is 9.90. The van der Waals surface area contributed by atoms with E-state index in [1.54, 1.807) is 0 Å². The van der Waals surface area contributed by atoms with Gasteiger partial charge in [0, 0.05) is 24.2 Å². The third kappa shape index (κ3) is 6.60. The molecule has 0 saturated carbocycles. The smallest absolute Gasteiger partial charge is 0.303 e. The van der Waals surface area contributed by atoms with Crippen molar-refractivity contribution in [1.82, 2.24) is 0 Å². The topological polar surface area (TPSA) is 127 Å². The van der Waals surface area contributed by atoms with Gasteiger partial charge in [-0.15, -0.1) is 0 Å². The van der Waals surface area contributed by atoms with E-state index in [0.717, 1.165) is 22.1 Å². The SMILES string of the molecule is Nc1ccc2cc(N)ccc2c1.O=C(O)CCCCC(=O)O. The lowest BCUT2D eigenvalue weighted by atomic mass is 10.1. The van der Waals surface area contributed by atoms with Crippen LogP contribution >= 0.6 is 0 Å². The molecule has 22 heavy (non-hydrogen) atoms. The third-order valence-corrected chi connectivity index (χ3v) is 2.92. The van der Waals surface area contributed by atoms with E-state index in [1.165, 1.54) is 0 Å². The standard InChI is InChI=1S/C10H10N2.C6H10O4/c11-9-3-1-7-5-10(12)4-2-8(7)6-9;7-5(8)3-1-2-4-6(9)10/h1-6H,11-12H2;1-4H2,(H,7,8)(H,9,10). The molecule has 0 aromatic heterocycles. The predicted molar refractivity (Wildman–Crippen MR) is 86.5 cm³/mol. The number of carboxylic acids is 2. The quantitative estimate of drug-likeness (QED) is 0.497. The van der Waals surface area contributed by atoms with E-state index in [9.17, 15) is 9.59 Å². The molecule has 0 spiro atoms. The minimum absolute atomic E-state index is 0.0628. The number of unbranched alkanes of at least 4 members (excludes halogenated alkanes) is 1. The number of hydrogen-bond acceptors (Lipinski definition) is 4. The molecule has 0 radical (unpaired) electrons. The van der Waals surface area contributed by atoms with Crippen LogP contribution in [0.1, 0.15) is 25.7 Å². The molecule has 0 aliphatic heterocycles. The molecular weight excluding hydrogens is 284 g/mol. The highest BCUT2D eigenvalue weighted by Gasteiger charge is 1.99. The van der Waals surface area contributed by atoms with E-state index in [1.807, 2.05) is 36.4 Å². The number of anilines is 2. The van der Waals surface area contributed by atoms with Gasteiger partial charge in [0.1, 0.15) is 0 Å². The van der Waals surface area contributed by atoms with Crippen molar-refractivity contribution in [3.63, 3.8) is 0 Å². The first-order valence-electron chi connectivity index (χ1n) is 6.87. The lowest BCUT2D eigenvalue weighted by molar-refractivity contribution is -0.139. The molecule has 0 fully saturated rings. The Labute approximate surface area is 128 Å². The Hall–Kier alpha value is -2.76. The lowest BCUT2D eigenvalue weighted by Crippen LogP contribution is -1.97. The van der Waals surface area contributed by atoms with Crippen LogP contribution < -0.4 is 11.5 Å². The van der Waals surface area contributed by atoms with Crippen LogP contribution in [0, 0.1) is 0 Å². The Morgan fingerprint density at radius 2 is 1.14 bits per heavy atom. The van der Waals surface area contributed by atoms with E-state index in [-0.39, 0.29) is 12.8 Å². The van der Waals surface area contributed by atoms with Crippen molar-refractivity contribution in [3.05, 3.63) is 36.4 Å². The summed E-state index contributed by atoms with van der Waals surface area (Å²) < 4.78 is 0. The van der Waals surface area contributed by atoms with Gasteiger partial charge in [0.05, 0.1) is 0 Å². The number of nitrogens with two attached hydrogens (primary N) is 2. The monoisotopic (exact) mass is 304 g/mol. The van der Waals surface area contributed by atoms with Crippen LogP contribution in [0.3, 0.4) is 0 Å². The predicted octanol–water partition coefficient (Wildman–Crippen LogP) is 2.72. The molecule has 2 rings (SSSR count). The van der Waals surface area contributed by atoms with Crippen LogP contribution in [-0.2, 0) is 9.59 Å². The fourth-order valence-corrected chi connectivity index (χ4v) is 1.84. The molecule has 2 aromatic carbocycles. The highest BCUT2D eigenvalue weighted by atomic mass is 16.4. The van der Waals surface area contributed by atoms with E-state index in [0.29, 0.717) is 12.8 Å². The maximum atomic E-state index is 9.90. The second-order valence-electron chi connectivity index (χ2n) is 4.86. The van der Waals surface area contributed by atoms with Crippen LogP contribution in [-0.4, -0.2) is 22.2 Å². The summed E-state index contributed by atoms with van der Waals surface area (Å²) >= 11 is 0. The molecular formula is C16H20N2O4. The summed E-state index contributed by atoms with van der Waals surface area (Å²) in [5.74, 6) is -1.74. The zero-order chi connectivity index (χ0) is 16.5. The second kappa shape index (κ2) is 8.51. The van der Waals surface area contributed by atoms with Crippen LogP contribution in [0.25, 0.3) is 10.8 Å². The molecule has 0 unspecified atom stereocenters. The first-order chi connectivity index (χ1) is 10.4. The average Bonchev–Trinajstić information content (AvgIpc) is 2.44. The number of rotatable bonds is 5. The summed E-state index contributed by atoms with van der Waals surface area (Å²) in [6.07, 6.45) is 1.02. The molecule has 0 aliphatic rings. The molecule has 0 saturated heterocycles. The average molecular weight is 304 g/mol. The van der Waals surface area contributed by atoms with Crippen LogP contribution in [0.15, 0.2) is 36.4 Å². The van der Waals surface area contributed by atoms with Gasteiger partial charge in [-0.2, -0.15) is 0 Å². The van der Waals surface area contributed by atoms with E-state index in [4.69, 9.17) is 21.7 Å². The summed E-state index contributed by atoms with van der Waals surface area (Å²) in [6, 6.07) is 11.6. The van der Waals surface area contributed by atoms with E-state index >= 15 is 0 Å². The zero-order valence-electron chi connectivity index (χ0n) is 12.2. The van der Waals surface area contributed by atoms with E-state index < -0.39 is 11.9 Å². The summed E-state index contributed by atoms with van der Waals surface area (Å²) in [5.41, 5.74) is 12.8. The summed E-state index contributed by atoms with van der Waals surface area (Å²) in [7, 11) is 0. The number of hydrogen-bond donors (Lipinski definition) is 4. The van der Waals surface area contributed by atoms with Crippen molar-refractivity contribution in [1.29, 1.82) is 0 Å². The zero-order valence-corrected chi connectivity index (χ0v) is 12.2. The summed E-state index contributed by atoms with van der Waals surface area (Å²) in [5, 5.41) is 18.5. The maximum Gasteiger partial charge on any atom is 0.303 e. The van der Waals surface area contributed by atoms with Gasteiger partial charge < -0.3 is 21.7 Å². The minimum atomic E-state index is -0.870. The molecule has 6 heteroatoms. The fraction of sp³-hybridized carbons (Fsp3) is 0.250. The number of aliphatic carboxylic acids is 2. The fourth-order valence-electron chi connectivity index (χ4n) is 1.84. The van der Waals surface area contributed by atoms with Gasteiger partial charge in [-0.1, -0.05) is 12.1 Å². The van der Waals surface area contributed by atoms with Crippen molar-refractivity contribution in [3.8, 4) is 0 Å². The highest BCUT2D eigenvalue weighted by molar-refractivity contribution is 5.87. The van der Waals surface area contributed by atoms with Gasteiger partial charge in [0.25, 0.3) is 0 Å². The van der Waals surface area contributed by atoms with E-state index in [2.05, 4.69) is 0 Å². The number of fused-ring (bicyclic) bond motifs is 1.